The summed E-state index contributed by atoms with van der Waals surface area (Å²) < 4.78 is 0. The maximum atomic E-state index is 9.57. The molecule has 0 saturated heterocycles. The van der Waals surface area contributed by atoms with Crippen LogP contribution in [0.4, 0.5) is 11.4 Å². The average Bonchev–Trinajstić information content (AvgIpc) is 2.28. The molecule has 88 valence electrons. The smallest absolute Gasteiger partial charge is 0.0543 e. The fourth-order valence-electron chi connectivity index (χ4n) is 2.31. The van der Waals surface area contributed by atoms with Crippen LogP contribution in [-0.2, 0) is 0 Å². The van der Waals surface area contributed by atoms with Crippen molar-refractivity contribution in [1.82, 2.24) is 0 Å². The van der Waals surface area contributed by atoms with E-state index in [0.29, 0.717) is 5.92 Å². The van der Waals surface area contributed by atoms with Crippen LogP contribution in [0, 0.1) is 5.92 Å². The normalized spacial score (nSPS) is 25.3. The minimum absolute atomic E-state index is 0.0908. The lowest BCUT2D eigenvalue weighted by Gasteiger charge is -2.26. The van der Waals surface area contributed by atoms with Crippen molar-refractivity contribution in [2.75, 3.05) is 17.6 Å². The Kier molecular flexibility index (Phi) is 3.67. The number of hydrogen-bond donors (Lipinski definition) is 3. The van der Waals surface area contributed by atoms with Gasteiger partial charge in [-0.05, 0) is 49.4 Å². The highest BCUT2D eigenvalue weighted by Crippen LogP contribution is 2.24. The SMILES string of the molecule is Nc1ccc(NCC2CCCC(O)C2)cc1. The predicted octanol–water partition coefficient (Wildman–Crippen LogP) is 2.23. The van der Waals surface area contributed by atoms with Crippen molar-refractivity contribution in [3.05, 3.63) is 24.3 Å². The van der Waals surface area contributed by atoms with Crippen LogP contribution in [0.15, 0.2) is 24.3 Å². The molecule has 0 amide bonds. The predicted molar refractivity (Wildman–Crippen MR) is 67.3 cm³/mol. The first kappa shape index (κ1) is 11.3. The molecular weight excluding hydrogens is 200 g/mol. The Hall–Kier alpha value is -1.22. The van der Waals surface area contributed by atoms with Gasteiger partial charge in [0.25, 0.3) is 0 Å². The van der Waals surface area contributed by atoms with Gasteiger partial charge in [-0.25, -0.2) is 0 Å². The van der Waals surface area contributed by atoms with Gasteiger partial charge in [0, 0.05) is 17.9 Å². The van der Waals surface area contributed by atoms with Crippen LogP contribution in [0.5, 0.6) is 0 Å². The summed E-state index contributed by atoms with van der Waals surface area (Å²) in [6.45, 7) is 0.945. The fourth-order valence-corrected chi connectivity index (χ4v) is 2.31. The molecule has 1 aliphatic carbocycles. The Balaban J connectivity index is 1.80. The maximum Gasteiger partial charge on any atom is 0.0543 e. The van der Waals surface area contributed by atoms with E-state index in [9.17, 15) is 5.11 Å². The van der Waals surface area contributed by atoms with Crippen molar-refractivity contribution < 1.29 is 5.11 Å². The molecule has 4 N–H and O–H groups in total. The van der Waals surface area contributed by atoms with Crippen molar-refractivity contribution in [2.45, 2.75) is 31.8 Å². The van der Waals surface area contributed by atoms with E-state index in [1.807, 2.05) is 24.3 Å². The van der Waals surface area contributed by atoms with E-state index in [2.05, 4.69) is 5.32 Å². The zero-order valence-electron chi connectivity index (χ0n) is 9.52. The number of nitrogens with one attached hydrogen (secondary N) is 1. The van der Waals surface area contributed by atoms with E-state index in [0.717, 1.165) is 37.2 Å². The third-order valence-electron chi connectivity index (χ3n) is 3.26. The van der Waals surface area contributed by atoms with E-state index >= 15 is 0 Å². The van der Waals surface area contributed by atoms with E-state index in [4.69, 9.17) is 5.73 Å². The average molecular weight is 220 g/mol. The summed E-state index contributed by atoms with van der Waals surface area (Å²) in [6, 6.07) is 7.79. The highest BCUT2D eigenvalue weighted by atomic mass is 16.3. The molecule has 0 radical (unpaired) electrons. The molecule has 0 aromatic heterocycles. The topological polar surface area (TPSA) is 58.3 Å². The highest BCUT2D eigenvalue weighted by Gasteiger charge is 2.19. The number of aliphatic hydroxyl groups excluding tert-OH is 1. The third kappa shape index (κ3) is 3.14. The molecule has 0 spiro atoms. The van der Waals surface area contributed by atoms with Gasteiger partial charge in [-0.2, -0.15) is 0 Å². The van der Waals surface area contributed by atoms with Gasteiger partial charge in [0.2, 0.25) is 0 Å². The second-order valence-electron chi connectivity index (χ2n) is 4.69. The second kappa shape index (κ2) is 5.21. The van der Waals surface area contributed by atoms with E-state index < -0.39 is 0 Å². The van der Waals surface area contributed by atoms with Gasteiger partial charge in [0.05, 0.1) is 6.10 Å². The van der Waals surface area contributed by atoms with Crippen molar-refractivity contribution in [2.24, 2.45) is 5.92 Å². The molecule has 2 atom stereocenters. The number of hydrogen-bond acceptors (Lipinski definition) is 3. The Morgan fingerprint density at radius 2 is 2.00 bits per heavy atom. The third-order valence-corrected chi connectivity index (χ3v) is 3.26. The first-order valence-electron chi connectivity index (χ1n) is 6.01. The maximum absolute atomic E-state index is 9.57. The molecule has 0 bridgehead atoms. The fraction of sp³-hybridized carbons (Fsp3) is 0.538. The number of anilines is 2. The standard InChI is InChI=1S/C13H20N2O/c14-11-4-6-12(7-5-11)15-9-10-2-1-3-13(16)8-10/h4-7,10,13,15-16H,1-3,8-9,14H2. The summed E-state index contributed by atoms with van der Waals surface area (Å²) in [4.78, 5) is 0. The molecule has 3 heteroatoms. The van der Waals surface area contributed by atoms with Gasteiger partial charge < -0.3 is 16.2 Å². The molecule has 0 heterocycles. The van der Waals surface area contributed by atoms with Gasteiger partial charge in [-0.1, -0.05) is 6.42 Å². The summed E-state index contributed by atoms with van der Waals surface area (Å²) in [5, 5.41) is 13.0. The minimum Gasteiger partial charge on any atom is -0.399 e. The molecule has 0 aliphatic heterocycles. The summed E-state index contributed by atoms with van der Waals surface area (Å²) in [5.74, 6) is 0.598. The van der Waals surface area contributed by atoms with Crippen molar-refractivity contribution in [1.29, 1.82) is 0 Å². The molecule has 2 rings (SSSR count). The Labute approximate surface area is 96.7 Å². The quantitative estimate of drug-likeness (QED) is 0.685. The lowest BCUT2D eigenvalue weighted by molar-refractivity contribution is 0.105. The highest BCUT2D eigenvalue weighted by molar-refractivity contribution is 5.51. The van der Waals surface area contributed by atoms with Gasteiger partial charge >= 0.3 is 0 Å². The molecule has 1 aromatic rings. The van der Waals surface area contributed by atoms with Gasteiger partial charge in [-0.15, -0.1) is 0 Å². The van der Waals surface area contributed by atoms with E-state index in [1.54, 1.807) is 0 Å². The number of benzene rings is 1. The summed E-state index contributed by atoms with van der Waals surface area (Å²) in [7, 11) is 0. The molecule has 1 fully saturated rings. The van der Waals surface area contributed by atoms with Crippen molar-refractivity contribution in [3.63, 3.8) is 0 Å². The molecule has 1 aliphatic rings. The van der Waals surface area contributed by atoms with Crippen LogP contribution in [0.2, 0.25) is 0 Å². The molecule has 3 nitrogen and oxygen atoms in total. The van der Waals surface area contributed by atoms with Crippen molar-refractivity contribution in [3.8, 4) is 0 Å². The Morgan fingerprint density at radius 3 is 2.69 bits per heavy atom. The number of aliphatic hydroxyl groups is 1. The lowest BCUT2D eigenvalue weighted by atomic mass is 9.87. The van der Waals surface area contributed by atoms with Gasteiger partial charge in [0.15, 0.2) is 0 Å². The molecule has 1 aromatic carbocycles. The van der Waals surface area contributed by atoms with Crippen LogP contribution in [0.25, 0.3) is 0 Å². The van der Waals surface area contributed by atoms with Crippen LogP contribution >= 0.6 is 0 Å². The van der Waals surface area contributed by atoms with E-state index in [1.165, 1.54) is 6.42 Å². The summed E-state index contributed by atoms with van der Waals surface area (Å²) in [6.07, 6.45) is 4.18. The first-order chi connectivity index (χ1) is 7.74. The minimum atomic E-state index is -0.0908. The van der Waals surface area contributed by atoms with Crippen LogP contribution < -0.4 is 11.1 Å². The lowest BCUT2D eigenvalue weighted by Crippen LogP contribution is -2.24. The summed E-state index contributed by atoms with van der Waals surface area (Å²) >= 11 is 0. The number of rotatable bonds is 3. The molecule has 16 heavy (non-hydrogen) atoms. The zero-order valence-corrected chi connectivity index (χ0v) is 9.52. The molecular formula is C13H20N2O. The zero-order chi connectivity index (χ0) is 11.4. The van der Waals surface area contributed by atoms with Gasteiger partial charge in [0.1, 0.15) is 0 Å². The first-order valence-corrected chi connectivity index (χ1v) is 6.01. The number of nitrogens with two attached hydrogens (primary N) is 1. The Bertz CT molecular complexity index is 323. The van der Waals surface area contributed by atoms with Crippen molar-refractivity contribution >= 4 is 11.4 Å². The van der Waals surface area contributed by atoms with E-state index in [-0.39, 0.29) is 6.10 Å². The van der Waals surface area contributed by atoms with Crippen LogP contribution in [-0.4, -0.2) is 17.8 Å². The largest absolute Gasteiger partial charge is 0.399 e. The molecule has 2 unspecified atom stereocenters. The monoisotopic (exact) mass is 220 g/mol. The second-order valence-corrected chi connectivity index (χ2v) is 4.69. The number of nitrogen functional groups attached to an aromatic ring is 1. The Morgan fingerprint density at radius 1 is 1.25 bits per heavy atom. The van der Waals surface area contributed by atoms with Crippen LogP contribution in [0.1, 0.15) is 25.7 Å². The summed E-state index contributed by atoms with van der Waals surface area (Å²) in [5.41, 5.74) is 7.52. The van der Waals surface area contributed by atoms with Gasteiger partial charge in [-0.3, -0.25) is 0 Å². The van der Waals surface area contributed by atoms with Crippen LogP contribution in [0.3, 0.4) is 0 Å². The molecule has 1 saturated carbocycles.